The number of carbonyl (C=O) groups excluding carboxylic acids is 1. The SMILES string of the molecule is Cc1coc(=O)c2ccc(NC(=O)[C@@](O)(CC3(c4ccccc4C(F)(F)F)CCC3)C(F)(F)F)cc12. The monoisotopic (exact) mass is 513 g/mol. The molecule has 1 aliphatic rings. The van der Waals surface area contributed by atoms with Crippen molar-refractivity contribution in [1.29, 1.82) is 0 Å². The molecule has 5 nitrogen and oxygen atoms in total. The van der Waals surface area contributed by atoms with Crippen LogP contribution in [0.15, 0.2) is 57.9 Å². The lowest BCUT2D eigenvalue weighted by atomic mass is 9.58. The maximum absolute atomic E-state index is 14.2. The first-order valence-corrected chi connectivity index (χ1v) is 11.0. The molecule has 0 unspecified atom stereocenters. The van der Waals surface area contributed by atoms with E-state index in [1.54, 1.807) is 6.92 Å². The molecule has 2 aromatic carbocycles. The van der Waals surface area contributed by atoms with Crippen molar-refractivity contribution in [2.45, 2.75) is 56.0 Å². The van der Waals surface area contributed by atoms with Crippen LogP contribution in [0.4, 0.5) is 32.0 Å². The van der Waals surface area contributed by atoms with Crippen LogP contribution in [0.2, 0.25) is 0 Å². The van der Waals surface area contributed by atoms with Crippen LogP contribution in [0.3, 0.4) is 0 Å². The van der Waals surface area contributed by atoms with Gasteiger partial charge in [0.2, 0.25) is 5.60 Å². The molecule has 4 rings (SSSR count). The molecule has 0 saturated heterocycles. The standard InChI is InChI=1S/C25H21F6NO4/c1-14-12-36-20(33)16-8-7-15(11-17(14)16)32-21(34)23(35,25(29,30)31)13-22(9-4-10-22)18-5-2-3-6-19(18)24(26,27)28/h2-3,5-8,11-12,35H,4,9-10,13H2,1H3,(H,32,34)/t23-/m0/s1. The maximum atomic E-state index is 14.2. The van der Waals surface area contributed by atoms with Gasteiger partial charge in [0.1, 0.15) is 0 Å². The van der Waals surface area contributed by atoms with Crippen molar-refractivity contribution in [1.82, 2.24) is 0 Å². The Labute approximate surface area is 200 Å². The van der Waals surface area contributed by atoms with Crippen molar-refractivity contribution in [2.75, 3.05) is 5.32 Å². The molecule has 0 radical (unpaired) electrons. The number of carbonyl (C=O) groups is 1. The first kappa shape index (κ1) is 25.7. The minimum absolute atomic E-state index is 0.0588. The van der Waals surface area contributed by atoms with Crippen LogP contribution in [0, 0.1) is 6.92 Å². The summed E-state index contributed by atoms with van der Waals surface area (Å²) in [5.74, 6) is -1.83. The molecule has 36 heavy (non-hydrogen) atoms. The molecular formula is C25H21F6NO4. The van der Waals surface area contributed by atoms with Gasteiger partial charge in [-0.3, -0.25) is 4.79 Å². The number of hydrogen-bond acceptors (Lipinski definition) is 4. The lowest BCUT2D eigenvalue weighted by molar-refractivity contribution is -0.257. The number of benzene rings is 2. The van der Waals surface area contributed by atoms with Gasteiger partial charge in [-0.05, 0) is 66.0 Å². The second kappa shape index (κ2) is 8.65. The molecule has 1 aliphatic carbocycles. The van der Waals surface area contributed by atoms with E-state index in [2.05, 4.69) is 0 Å². The van der Waals surface area contributed by atoms with Gasteiger partial charge < -0.3 is 14.8 Å². The first-order valence-electron chi connectivity index (χ1n) is 11.0. The predicted octanol–water partition coefficient (Wildman–Crippen LogP) is 5.86. The quantitative estimate of drug-likeness (QED) is 0.419. The van der Waals surface area contributed by atoms with E-state index < -0.39 is 46.9 Å². The Morgan fingerprint density at radius 1 is 1.06 bits per heavy atom. The zero-order valence-corrected chi connectivity index (χ0v) is 18.9. The second-order valence-electron chi connectivity index (χ2n) is 9.13. The lowest BCUT2D eigenvalue weighted by Crippen LogP contribution is -2.59. The van der Waals surface area contributed by atoms with Crippen LogP contribution in [0.5, 0.6) is 0 Å². The number of amides is 1. The van der Waals surface area contributed by atoms with E-state index in [9.17, 15) is 41.0 Å². The van der Waals surface area contributed by atoms with Crippen molar-refractivity contribution in [2.24, 2.45) is 0 Å². The summed E-state index contributed by atoms with van der Waals surface area (Å²) in [5.41, 5.74) is -7.51. The first-order chi connectivity index (χ1) is 16.7. The highest BCUT2D eigenvalue weighted by Crippen LogP contribution is 2.54. The Bertz CT molecular complexity index is 1370. The molecule has 11 heteroatoms. The third kappa shape index (κ3) is 4.36. The Morgan fingerprint density at radius 2 is 1.72 bits per heavy atom. The zero-order valence-electron chi connectivity index (χ0n) is 18.9. The molecule has 1 aromatic heterocycles. The van der Waals surface area contributed by atoms with Gasteiger partial charge in [-0.1, -0.05) is 24.6 Å². The number of fused-ring (bicyclic) bond motifs is 1. The van der Waals surface area contributed by atoms with Crippen molar-refractivity contribution in [3.8, 4) is 0 Å². The van der Waals surface area contributed by atoms with Gasteiger partial charge in [0.05, 0.1) is 17.2 Å². The van der Waals surface area contributed by atoms with Gasteiger partial charge in [-0.15, -0.1) is 0 Å². The topological polar surface area (TPSA) is 79.5 Å². The Kier molecular flexibility index (Phi) is 6.19. The lowest BCUT2D eigenvalue weighted by Gasteiger charge is -2.47. The van der Waals surface area contributed by atoms with Gasteiger partial charge in [0.25, 0.3) is 5.91 Å². The van der Waals surface area contributed by atoms with Gasteiger partial charge in [0.15, 0.2) is 0 Å². The van der Waals surface area contributed by atoms with E-state index in [4.69, 9.17) is 4.42 Å². The largest absolute Gasteiger partial charge is 0.431 e. The Hall–Kier alpha value is -3.34. The molecule has 3 aromatic rings. The summed E-state index contributed by atoms with van der Waals surface area (Å²) in [7, 11) is 0. The summed E-state index contributed by atoms with van der Waals surface area (Å²) in [5, 5.41) is 13.2. The van der Waals surface area contributed by atoms with Gasteiger partial charge >= 0.3 is 18.0 Å². The maximum Gasteiger partial charge on any atom is 0.426 e. The van der Waals surface area contributed by atoms with Gasteiger partial charge in [-0.25, -0.2) is 4.79 Å². The summed E-state index contributed by atoms with van der Waals surface area (Å²) in [6.07, 6.45) is -10.2. The molecule has 192 valence electrons. The van der Waals surface area contributed by atoms with Crippen LogP contribution in [-0.4, -0.2) is 22.8 Å². The fourth-order valence-electron chi connectivity index (χ4n) is 4.77. The molecule has 1 saturated carbocycles. The minimum Gasteiger partial charge on any atom is -0.431 e. The van der Waals surface area contributed by atoms with Gasteiger partial charge in [0, 0.05) is 12.1 Å². The third-order valence-electron chi connectivity index (χ3n) is 6.82. The van der Waals surface area contributed by atoms with Crippen LogP contribution in [-0.2, 0) is 16.4 Å². The highest BCUT2D eigenvalue weighted by molar-refractivity contribution is 6.00. The van der Waals surface area contributed by atoms with Crippen molar-refractivity contribution in [3.63, 3.8) is 0 Å². The number of halogens is 6. The second-order valence-corrected chi connectivity index (χ2v) is 9.13. The number of anilines is 1. The van der Waals surface area contributed by atoms with Crippen LogP contribution >= 0.6 is 0 Å². The summed E-state index contributed by atoms with van der Waals surface area (Å²) >= 11 is 0. The van der Waals surface area contributed by atoms with Crippen molar-refractivity contribution in [3.05, 3.63) is 75.8 Å². The third-order valence-corrected chi connectivity index (χ3v) is 6.82. The van der Waals surface area contributed by atoms with E-state index >= 15 is 0 Å². The molecule has 1 amide bonds. The highest BCUT2D eigenvalue weighted by Gasteiger charge is 2.64. The normalized spacial score (nSPS) is 17.3. The van der Waals surface area contributed by atoms with E-state index in [1.165, 1.54) is 24.3 Å². The van der Waals surface area contributed by atoms with Crippen LogP contribution < -0.4 is 10.9 Å². The summed E-state index contributed by atoms with van der Waals surface area (Å²) in [4.78, 5) is 24.8. The number of alkyl halides is 6. The smallest absolute Gasteiger partial charge is 0.426 e. The number of rotatable bonds is 5. The van der Waals surface area contributed by atoms with E-state index in [1.807, 2.05) is 5.32 Å². The van der Waals surface area contributed by atoms with Crippen LogP contribution in [0.25, 0.3) is 10.8 Å². The van der Waals surface area contributed by atoms with E-state index in [0.717, 1.165) is 24.5 Å². The van der Waals surface area contributed by atoms with Crippen LogP contribution in [0.1, 0.15) is 42.4 Å². The van der Waals surface area contributed by atoms with Crippen molar-refractivity contribution >= 4 is 22.4 Å². The fourth-order valence-corrected chi connectivity index (χ4v) is 4.77. The Balaban J connectivity index is 1.73. The molecule has 1 heterocycles. The zero-order chi connectivity index (χ0) is 26.5. The summed E-state index contributed by atoms with van der Waals surface area (Å²) in [6, 6.07) is 7.96. The number of aliphatic hydroxyl groups is 1. The minimum atomic E-state index is -5.49. The molecule has 0 aliphatic heterocycles. The molecule has 2 N–H and O–H groups in total. The molecular weight excluding hydrogens is 492 g/mol. The summed E-state index contributed by atoms with van der Waals surface area (Å²) in [6.45, 7) is 1.58. The summed E-state index contributed by atoms with van der Waals surface area (Å²) < 4.78 is 88.3. The van der Waals surface area contributed by atoms with Gasteiger partial charge in [-0.2, -0.15) is 26.3 Å². The Morgan fingerprint density at radius 3 is 2.31 bits per heavy atom. The average Bonchev–Trinajstić information content (AvgIpc) is 2.77. The van der Waals surface area contributed by atoms with E-state index in [-0.39, 0.29) is 29.5 Å². The molecule has 0 bridgehead atoms. The number of aryl methyl sites for hydroxylation is 1. The molecule has 1 atom stereocenters. The molecule has 1 fully saturated rings. The fraction of sp³-hybridized carbons (Fsp3) is 0.360. The predicted molar refractivity (Wildman–Crippen MR) is 118 cm³/mol. The van der Waals surface area contributed by atoms with Crippen molar-refractivity contribution < 1.29 is 40.7 Å². The highest BCUT2D eigenvalue weighted by atomic mass is 19.4. The molecule has 0 spiro atoms. The van der Waals surface area contributed by atoms with E-state index in [0.29, 0.717) is 17.4 Å². The number of hydrogen-bond donors (Lipinski definition) is 2. The number of nitrogens with one attached hydrogen (secondary N) is 1. The average molecular weight is 513 g/mol.